The standard InChI is InChI=1S/C10H14O3/c1-6-5-10(4,8(3)11)13-9(12)7(6)2/h5H2,1-4H3. The largest absolute Gasteiger partial charge is 0.448 e. The van der Waals surface area contributed by atoms with Crippen LogP contribution in [0.25, 0.3) is 0 Å². The molecule has 0 saturated heterocycles. The van der Waals surface area contributed by atoms with Gasteiger partial charge in [-0.3, -0.25) is 4.79 Å². The Bertz CT molecular complexity index is 301. The molecule has 1 rings (SSSR count). The molecule has 0 aromatic carbocycles. The van der Waals surface area contributed by atoms with Crippen molar-refractivity contribution in [1.82, 2.24) is 0 Å². The highest BCUT2D eigenvalue weighted by molar-refractivity contribution is 5.95. The van der Waals surface area contributed by atoms with E-state index < -0.39 is 5.60 Å². The summed E-state index contributed by atoms with van der Waals surface area (Å²) in [7, 11) is 0. The van der Waals surface area contributed by atoms with Gasteiger partial charge < -0.3 is 4.74 Å². The van der Waals surface area contributed by atoms with Crippen LogP contribution in [-0.2, 0) is 14.3 Å². The Morgan fingerprint density at radius 2 is 2.00 bits per heavy atom. The van der Waals surface area contributed by atoms with Crippen LogP contribution >= 0.6 is 0 Å². The minimum atomic E-state index is -0.944. The molecule has 13 heavy (non-hydrogen) atoms. The first-order chi connectivity index (χ1) is 5.87. The lowest BCUT2D eigenvalue weighted by Gasteiger charge is -2.31. The van der Waals surface area contributed by atoms with Gasteiger partial charge in [-0.2, -0.15) is 0 Å². The van der Waals surface area contributed by atoms with Gasteiger partial charge in [0.15, 0.2) is 11.4 Å². The number of carbonyl (C=O) groups excluding carboxylic acids is 2. The molecule has 1 aliphatic rings. The van der Waals surface area contributed by atoms with E-state index in [0.29, 0.717) is 12.0 Å². The molecule has 1 unspecified atom stereocenters. The van der Waals surface area contributed by atoms with Gasteiger partial charge in [-0.05, 0) is 27.7 Å². The molecule has 0 amide bonds. The SMILES string of the molecule is CC(=O)C1(C)CC(C)=C(C)C(=O)O1. The molecule has 3 nitrogen and oxygen atoms in total. The predicted molar refractivity (Wildman–Crippen MR) is 48.2 cm³/mol. The van der Waals surface area contributed by atoms with Gasteiger partial charge in [0.05, 0.1) is 0 Å². The summed E-state index contributed by atoms with van der Waals surface area (Å²) in [6.07, 6.45) is 0.514. The molecular weight excluding hydrogens is 168 g/mol. The second-order valence-corrected chi connectivity index (χ2v) is 3.76. The van der Waals surface area contributed by atoms with Crippen LogP contribution in [-0.4, -0.2) is 17.4 Å². The van der Waals surface area contributed by atoms with Crippen LogP contribution in [0.5, 0.6) is 0 Å². The van der Waals surface area contributed by atoms with Crippen molar-refractivity contribution in [1.29, 1.82) is 0 Å². The van der Waals surface area contributed by atoms with Crippen molar-refractivity contribution in [2.45, 2.75) is 39.7 Å². The molecule has 1 heterocycles. The molecule has 1 aliphatic heterocycles. The number of cyclic esters (lactones) is 1. The fraction of sp³-hybridized carbons (Fsp3) is 0.600. The molecule has 0 radical (unpaired) electrons. The molecular formula is C10H14O3. The van der Waals surface area contributed by atoms with Crippen molar-refractivity contribution in [2.24, 2.45) is 0 Å². The van der Waals surface area contributed by atoms with Crippen molar-refractivity contribution in [3.8, 4) is 0 Å². The Morgan fingerprint density at radius 3 is 2.38 bits per heavy atom. The van der Waals surface area contributed by atoms with E-state index in [-0.39, 0.29) is 11.8 Å². The predicted octanol–water partition coefficient (Wildman–Crippen LogP) is 1.62. The van der Waals surface area contributed by atoms with Gasteiger partial charge in [-0.15, -0.1) is 0 Å². The average molecular weight is 182 g/mol. The number of ketones is 1. The molecule has 3 heteroatoms. The maximum Gasteiger partial charge on any atom is 0.334 e. The molecule has 0 spiro atoms. The van der Waals surface area contributed by atoms with Crippen molar-refractivity contribution in [3.05, 3.63) is 11.1 Å². The highest BCUT2D eigenvalue weighted by atomic mass is 16.6. The highest BCUT2D eigenvalue weighted by Gasteiger charge is 2.38. The van der Waals surface area contributed by atoms with Gasteiger partial charge in [0, 0.05) is 12.0 Å². The van der Waals surface area contributed by atoms with E-state index in [1.807, 2.05) is 6.92 Å². The van der Waals surface area contributed by atoms with E-state index in [1.54, 1.807) is 13.8 Å². The summed E-state index contributed by atoms with van der Waals surface area (Å²) >= 11 is 0. The number of carbonyl (C=O) groups is 2. The maximum atomic E-state index is 11.3. The van der Waals surface area contributed by atoms with E-state index in [1.165, 1.54) is 6.92 Å². The summed E-state index contributed by atoms with van der Waals surface area (Å²) in [5.41, 5.74) is 0.619. The van der Waals surface area contributed by atoms with Crippen LogP contribution < -0.4 is 0 Å². The van der Waals surface area contributed by atoms with E-state index in [9.17, 15) is 9.59 Å². The molecule has 0 aromatic heterocycles. The summed E-state index contributed by atoms with van der Waals surface area (Å²) in [6.45, 7) is 6.68. The Balaban J connectivity index is 3.04. The third-order valence-corrected chi connectivity index (χ3v) is 2.61. The topological polar surface area (TPSA) is 43.4 Å². The number of hydrogen-bond acceptors (Lipinski definition) is 3. The van der Waals surface area contributed by atoms with Crippen LogP contribution in [0.4, 0.5) is 0 Å². The van der Waals surface area contributed by atoms with Crippen molar-refractivity contribution >= 4 is 11.8 Å². The Kier molecular flexibility index (Phi) is 2.28. The Labute approximate surface area is 77.8 Å². The molecule has 0 aromatic rings. The summed E-state index contributed by atoms with van der Waals surface area (Å²) in [6, 6.07) is 0. The lowest BCUT2D eigenvalue weighted by atomic mass is 9.88. The number of ether oxygens (including phenoxy) is 1. The first-order valence-electron chi connectivity index (χ1n) is 4.27. The molecule has 0 N–H and O–H groups in total. The minimum Gasteiger partial charge on any atom is -0.448 e. The summed E-state index contributed by atoms with van der Waals surface area (Å²) in [5, 5.41) is 0. The molecule has 0 bridgehead atoms. The van der Waals surface area contributed by atoms with Crippen LogP contribution in [0.1, 0.15) is 34.1 Å². The van der Waals surface area contributed by atoms with Gasteiger partial charge in [-0.25, -0.2) is 4.79 Å². The fourth-order valence-electron chi connectivity index (χ4n) is 1.33. The van der Waals surface area contributed by atoms with Gasteiger partial charge in [0.2, 0.25) is 0 Å². The number of rotatable bonds is 1. The van der Waals surface area contributed by atoms with Gasteiger partial charge >= 0.3 is 5.97 Å². The normalized spacial score (nSPS) is 28.8. The fourth-order valence-corrected chi connectivity index (χ4v) is 1.33. The third kappa shape index (κ3) is 1.64. The van der Waals surface area contributed by atoms with Crippen LogP contribution in [0, 0.1) is 0 Å². The molecule has 0 fully saturated rings. The van der Waals surface area contributed by atoms with Gasteiger partial charge in [-0.1, -0.05) is 5.57 Å². The first kappa shape index (κ1) is 9.96. The zero-order chi connectivity index (χ0) is 10.2. The zero-order valence-electron chi connectivity index (χ0n) is 8.43. The van der Waals surface area contributed by atoms with Gasteiger partial charge in [0.1, 0.15) is 0 Å². The number of esters is 1. The highest BCUT2D eigenvalue weighted by Crippen LogP contribution is 2.29. The summed E-state index contributed by atoms with van der Waals surface area (Å²) in [5.74, 6) is -0.478. The second-order valence-electron chi connectivity index (χ2n) is 3.76. The van der Waals surface area contributed by atoms with Crippen LogP contribution in [0.3, 0.4) is 0 Å². The van der Waals surface area contributed by atoms with Crippen molar-refractivity contribution < 1.29 is 14.3 Å². The smallest absolute Gasteiger partial charge is 0.334 e. The molecule has 0 saturated carbocycles. The summed E-state index contributed by atoms with van der Waals surface area (Å²) in [4.78, 5) is 22.5. The number of Topliss-reactive ketones (excluding diaryl/α,β-unsaturated/α-hetero) is 1. The average Bonchev–Trinajstić information content (AvgIpc) is 2.00. The van der Waals surface area contributed by atoms with E-state index in [0.717, 1.165) is 5.57 Å². The lowest BCUT2D eigenvalue weighted by molar-refractivity contribution is -0.163. The minimum absolute atomic E-state index is 0.104. The maximum absolute atomic E-state index is 11.3. The van der Waals surface area contributed by atoms with Gasteiger partial charge in [0.25, 0.3) is 0 Å². The monoisotopic (exact) mass is 182 g/mol. The van der Waals surface area contributed by atoms with E-state index in [4.69, 9.17) is 4.74 Å². The molecule has 0 aliphatic carbocycles. The van der Waals surface area contributed by atoms with Crippen LogP contribution in [0.2, 0.25) is 0 Å². The second kappa shape index (κ2) is 2.98. The van der Waals surface area contributed by atoms with E-state index >= 15 is 0 Å². The third-order valence-electron chi connectivity index (χ3n) is 2.61. The van der Waals surface area contributed by atoms with E-state index in [2.05, 4.69) is 0 Å². The van der Waals surface area contributed by atoms with Crippen molar-refractivity contribution in [2.75, 3.05) is 0 Å². The first-order valence-corrected chi connectivity index (χ1v) is 4.27. The summed E-state index contributed by atoms with van der Waals surface area (Å²) < 4.78 is 5.07. The Morgan fingerprint density at radius 1 is 1.46 bits per heavy atom. The molecule has 1 atom stereocenters. The Hall–Kier alpha value is -1.12. The zero-order valence-corrected chi connectivity index (χ0v) is 8.43. The van der Waals surface area contributed by atoms with Crippen LogP contribution in [0.15, 0.2) is 11.1 Å². The quantitative estimate of drug-likeness (QED) is 0.579. The lowest BCUT2D eigenvalue weighted by Crippen LogP contribution is -2.42. The van der Waals surface area contributed by atoms with Crippen molar-refractivity contribution in [3.63, 3.8) is 0 Å². The molecule has 72 valence electrons. The number of hydrogen-bond donors (Lipinski definition) is 0.